The van der Waals surface area contributed by atoms with Crippen LogP contribution in [-0.4, -0.2) is 16.0 Å². The maximum absolute atomic E-state index is 13.0. The van der Waals surface area contributed by atoms with Gasteiger partial charge in [-0.05, 0) is 30.2 Å². The number of carbonyl (C=O) groups is 1. The van der Waals surface area contributed by atoms with Crippen molar-refractivity contribution in [3.63, 3.8) is 0 Å². The second-order valence-electron chi connectivity index (χ2n) is 6.02. The van der Waals surface area contributed by atoms with E-state index in [-0.39, 0.29) is 17.6 Å². The lowest BCUT2D eigenvalue weighted by molar-refractivity contribution is 0.0914. The lowest BCUT2D eigenvalue weighted by Crippen LogP contribution is -2.32. The molecule has 0 spiro atoms. The maximum atomic E-state index is 13.0. The Morgan fingerprint density at radius 2 is 1.76 bits per heavy atom. The lowest BCUT2D eigenvalue weighted by atomic mass is 10.0. The van der Waals surface area contributed by atoms with Crippen LogP contribution < -0.4 is 5.32 Å². The van der Waals surface area contributed by atoms with Crippen LogP contribution in [0.15, 0.2) is 59.1 Å². The van der Waals surface area contributed by atoms with Crippen molar-refractivity contribution >= 4 is 5.91 Å². The first-order valence-corrected chi connectivity index (χ1v) is 8.00. The highest BCUT2D eigenvalue weighted by atomic mass is 19.1. The zero-order valence-corrected chi connectivity index (χ0v) is 13.9. The standard InChI is InChI=1S/C19H18FN3O2/c1-12(2)16(21-18(24)14-8-10-15(20)11-9-14)19-22-17(23-25-19)13-6-4-3-5-7-13/h3-12,16H,1-2H3,(H,21,24). The molecule has 1 atom stereocenters. The molecule has 0 radical (unpaired) electrons. The molecular formula is C19H18FN3O2. The fourth-order valence-electron chi connectivity index (χ4n) is 2.41. The Labute approximate surface area is 144 Å². The van der Waals surface area contributed by atoms with Crippen LogP contribution >= 0.6 is 0 Å². The Kier molecular flexibility index (Phi) is 4.88. The molecule has 1 N–H and O–H groups in total. The normalized spacial score (nSPS) is 12.2. The molecule has 6 heteroatoms. The van der Waals surface area contributed by atoms with Gasteiger partial charge in [-0.15, -0.1) is 0 Å². The molecule has 0 aliphatic heterocycles. The second-order valence-corrected chi connectivity index (χ2v) is 6.02. The Morgan fingerprint density at radius 1 is 1.08 bits per heavy atom. The number of hydrogen-bond donors (Lipinski definition) is 1. The van der Waals surface area contributed by atoms with Crippen LogP contribution in [0.25, 0.3) is 11.4 Å². The summed E-state index contributed by atoms with van der Waals surface area (Å²) in [6.07, 6.45) is 0. The number of benzene rings is 2. The number of carbonyl (C=O) groups excluding carboxylic acids is 1. The zero-order valence-electron chi connectivity index (χ0n) is 13.9. The molecule has 1 heterocycles. The van der Waals surface area contributed by atoms with Crippen molar-refractivity contribution in [1.82, 2.24) is 15.5 Å². The summed E-state index contributed by atoms with van der Waals surface area (Å²) in [5, 5.41) is 6.87. The van der Waals surface area contributed by atoms with Crippen molar-refractivity contribution in [2.45, 2.75) is 19.9 Å². The van der Waals surface area contributed by atoms with Gasteiger partial charge in [0.05, 0.1) is 0 Å². The number of rotatable bonds is 5. The summed E-state index contributed by atoms with van der Waals surface area (Å²) in [7, 11) is 0. The average Bonchev–Trinajstić information content (AvgIpc) is 3.10. The number of aromatic nitrogens is 2. The Balaban J connectivity index is 1.81. The highest BCUT2D eigenvalue weighted by Gasteiger charge is 2.25. The quantitative estimate of drug-likeness (QED) is 0.763. The number of nitrogens with one attached hydrogen (secondary N) is 1. The molecule has 1 unspecified atom stereocenters. The van der Waals surface area contributed by atoms with E-state index in [2.05, 4.69) is 15.5 Å². The summed E-state index contributed by atoms with van der Waals surface area (Å²) >= 11 is 0. The minimum absolute atomic E-state index is 0.0356. The van der Waals surface area contributed by atoms with Gasteiger partial charge in [-0.1, -0.05) is 49.3 Å². The molecule has 0 aliphatic carbocycles. The Morgan fingerprint density at radius 3 is 2.40 bits per heavy atom. The zero-order chi connectivity index (χ0) is 17.8. The van der Waals surface area contributed by atoms with E-state index in [9.17, 15) is 9.18 Å². The summed E-state index contributed by atoms with van der Waals surface area (Å²) in [6.45, 7) is 3.89. The van der Waals surface area contributed by atoms with Gasteiger partial charge in [0.25, 0.3) is 5.91 Å². The van der Waals surface area contributed by atoms with Crippen LogP contribution in [0.2, 0.25) is 0 Å². The molecule has 5 nitrogen and oxygen atoms in total. The molecule has 2 aromatic carbocycles. The van der Waals surface area contributed by atoms with Gasteiger partial charge >= 0.3 is 0 Å². The first-order chi connectivity index (χ1) is 12.0. The molecule has 25 heavy (non-hydrogen) atoms. The minimum atomic E-state index is -0.442. The summed E-state index contributed by atoms with van der Waals surface area (Å²) in [4.78, 5) is 16.8. The summed E-state index contributed by atoms with van der Waals surface area (Å²) in [5.74, 6) is 0.134. The molecule has 0 fully saturated rings. The SMILES string of the molecule is CC(C)C(NC(=O)c1ccc(F)cc1)c1nc(-c2ccccc2)no1. The topological polar surface area (TPSA) is 68.0 Å². The van der Waals surface area contributed by atoms with E-state index in [1.807, 2.05) is 44.2 Å². The third-order valence-electron chi connectivity index (χ3n) is 3.80. The highest BCUT2D eigenvalue weighted by Crippen LogP contribution is 2.24. The van der Waals surface area contributed by atoms with Gasteiger partial charge in [-0.2, -0.15) is 4.98 Å². The van der Waals surface area contributed by atoms with Crippen LogP contribution in [-0.2, 0) is 0 Å². The Hall–Kier alpha value is -3.02. The van der Waals surface area contributed by atoms with Gasteiger partial charge in [-0.3, -0.25) is 4.79 Å². The van der Waals surface area contributed by atoms with Gasteiger partial charge in [-0.25, -0.2) is 4.39 Å². The fraction of sp³-hybridized carbons (Fsp3) is 0.211. The van der Waals surface area contributed by atoms with Gasteiger partial charge < -0.3 is 9.84 Å². The molecule has 128 valence electrons. The lowest BCUT2D eigenvalue weighted by Gasteiger charge is -2.18. The van der Waals surface area contributed by atoms with E-state index < -0.39 is 6.04 Å². The van der Waals surface area contributed by atoms with E-state index in [4.69, 9.17) is 4.52 Å². The predicted molar refractivity (Wildman–Crippen MR) is 91.2 cm³/mol. The first kappa shape index (κ1) is 16.8. The molecule has 1 amide bonds. The molecule has 0 bridgehead atoms. The van der Waals surface area contributed by atoms with Crippen LogP contribution in [0.5, 0.6) is 0 Å². The molecule has 3 rings (SSSR count). The summed E-state index contributed by atoms with van der Waals surface area (Å²) in [6, 6.07) is 14.4. The Bertz CT molecular complexity index is 845. The van der Waals surface area contributed by atoms with Crippen molar-refractivity contribution in [2.75, 3.05) is 0 Å². The number of hydrogen-bond acceptors (Lipinski definition) is 4. The predicted octanol–water partition coefficient (Wildman–Crippen LogP) is 4.00. The van der Waals surface area contributed by atoms with Crippen LogP contribution in [0.4, 0.5) is 4.39 Å². The van der Waals surface area contributed by atoms with Crippen molar-refractivity contribution in [3.8, 4) is 11.4 Å². The molecular weight excluding hydrogens is 321 g/mol. The van der Waals surface area contributed by atoms with Crippen LogP contribution in [0, 0.1) is 11.7 Å². The molecule has 0 aliphatic rings. The smallest absolute Gasteiger partial charge is 0.251 e. The van der Waals surface area contributed by atoms with E-state index in [1.54, 1.807) is 0 Å². The van der Waals surface area contributed by atoms with Crippen molar-refractivity contribution in [1.29, 1.82) is 0 Å². The largest absolute Gasteiger partial charge is 0.340 e. The number of nitrogens with zero attached hydrogens (tertiary/aromatic N) is 2. The van der Waals surface area contributed by atoms with Crippen molar-refractivity contribution in [3.05, 3.63) is 71.9 Å². The monoisotopic (exact) mass is 339 g/mol. The van der Waals surface area contributed by atoms with Gasteiger partial charge in [0.1, 0.15) is 11.9 Å². The van der Waals surface area contributed by atoms with Gasteiger partial charge in [0.2, 0.25) is 11.7 Å². The van der Waals surface area contributed by atoms with E-state index in [1.165, 1.54) is 24.3 Å². The number of amides is 1. The summed E-state index contributed by atoms with van der Waals surface area (Å²) < 4.78 is 18.4. The van der Waals surface area contributed by atoms with E-state index in [0.717, 1.165) is 5.56 Å². The van der Waals surface area contributed by atoms with Crippen LogP contribution in [0.1, 0.15) is 36.1 Å². The van der Waals surface area contributed by atoms with Crippen molar-refractivity contribution in [2.24, 2.45) is 5.92 Å². The van der Waals surface area contributed by atoms with E-state index >= 15 is 0 Å². The van der Waals surface area contributed by atoms with Crippen LogP contribution in [0.3, 0.4) is 0 Å². The third kappa shape index (κ3) is 3.91. The van der Waals surface area contributed by atoms with E-state index in [0.29, 0.717) is 17.3 Å². The molecule has 3 aromatic rings. The first-order valence-electron chi connectivity index (χ1n) is 8.00. The van der Waals surface area contributed by atoms with Gasteiger partial charge in [0.15, 0.2) is 0 Å². The molecule has 1 aromatic heterocycles. The second kappa shape index (κ2) is 7.25. The summed E-state index contributed by atoms with van der Waals surface area (Å²) in [5.41, 5.74) is 1.21. The minimum Gasteiger partial charge on any atom is -0.340 e. The fourth-order valence-corrected chi connectivity index (χ4v) is 2.41. The third-order valence-corrected chi connectivity index (χ3v) is 3.80. The number of halogens is 1. The van der Waals surface area contributed by atoms with Gasteiger partial charge in [0, 0.05) is 11.1 Å². The van der Waals surface area contributed by atoms with Crippen molar-refractivity contribution < 1.29 is 13.7 Å². The molecule has 0 saturated heterocycles. The highest BCUT2D eigenvalue weighted by molar-refractivity contribution is 5.94. The maximum Gasteiger partial charge on any atom is 0.251 e. The average molecular weight is 339 g/mol. The molecule has 0 saturated carbocycles.